The van der Waals surface area contributed by atoms with Crippen LogP contribution in [-0.2, 0) is 97.7 Å². The number of thioether (sulfide) groups is 1. The molecular weight excluding hydrogens is 1590 g/mol. The Kier molecular flexibility index (Phi) is 35.4. The fourth-order valence-corrected chi connectivity index (χ4v) is 15.6. The number of amides is 13. The van der Waals surface area contributed by atoms with E-state index in [0.29, 0.717) is 63.5 Å². The Hall–Kier alpha value is -12.5. The molecule has 656 valence electrons. The van der Waals surface area contributed by atoms with E-state index in [1.54, 1.807) is 73.2 Å². The molecule has 7 aromatic rings. The van der Waals surface area contributed by atoms with Crippen LogP contribution < -0.4 is 76.5 Å². The number of fused-ring (bicyclic) bond motifs is 3. The van der Waals surface area contributed by atoms with Crippen LogP contribution in [0.3, 0.4) is 0 Å². The van der Waals surface area contributed by atoms with Gasteiger partial charge in [-0.05, 0) is 142 Å². The first-order valence-corrected chi connectivity index (χ1v) is 42.6. The number of aromatic nitrogens is 3. The average Bonchev–Trinajstić information content (AvgIpc) is 1.65. The number of esters is 1. The molecule has 0 unspecified atom stereocenters. The average molecular weight is 1700 g/mol. The van der Waals surface area contributed by atoms with Crippen molar-refractivity contribution < 1.29 is 76.6 Å². The van der Waals surface area contributed by atoms with Crippen LogP contribution in [-0.4, -0.2) is 225 Å². The molecule has 0 aliphatic carbocycles. The molecule has 3 aromatic heterocycles. The van der Waals surface area contributed by atoms with Crippen LogP contribution >= 0.6 is 11.8 Å². The molecule has 11 atom stereocenters. The lowest BCUT2D eigenvalue weighted by Crippen LogP contribution is -2.61. The lowest BCUT2D eigenvalue weighted by Gasteiger charge is -2.32. The molecule has 36 nitrogen and oxygen atoms in total. The Labute approximate surface area is 710 Å². The number of benzene rings is 4. The second-order valence-electron chi connectivity index (χ2n) is 31.0. The number of rotatable bonds is 47. The van der Waals surface area contributed by atoms with Crippen LogP contribution in [0.2, 0.25) is 0 Å². The second kappa shape index (κ2) is 46.3. The monoisotopic (exact) mass is 1700 g/mol. The molecule has 122 heavy (non-hydrogen) atoms. The minimum Gasteiger partial charge on any atom is -0.467 e. The molecule has 9 rings (SSSR count). The topological polar surface area (TPSA) is 562 Å². The zero-order valence-corrected chi connectivity index (χ0v) is 69.9. The molecule has 0 radical (unpaired) electrons. The molecular formula is C85H114N20O16S. The summed E-state index contributed by atoms with van der Waals surface area (Å²) >= 11 is 1.46. The molecule has 37 heteroatoms. The summed E-state index contributed by atoms with van der Waals surface area (Å²) in [6, 6.07) is 15.7. The van der Waals surface area contributed by atoms with Crippen LogP contribution in [0.4, 0.5) is 4.79 Å². The number of hydrogen-bond donors (Lipinski definition) is 17. The van der Waals surface area contributed by atoms with Crippen molar-refractivity contribution in [3.63, 3.8) is 0 Å². The zero-order chi connectivity index (χ0) is 87.9. The number of nitrogens with two attached hydrogens (primary N) is 5. The maximum atomic E-state index is 15.7. The molecule has 4 aromatic carbocycles. The first-order valence-electron chi connectivity index (χ1n) is 41.2. The second-order valence-corrected chi connectivity index (χ2v) is 32.0. The number of carbonyl (C=O) groups is 14. The van der Waals surface area contributed by atoms with Crippen molar-refractivity contribution in [2.24, 2.45) is 39.6 Å². The van der Waals surface area contributed by atoms with E-state index in [1.165, 1.54) is 28.7 Å². The van der Waals surface area contributed by atoms with Crippen LogP contribution in [0.5, 0.6) is 0 Å². The summed E-state index contributed by atoms with van der Waals surface area (Å²) in [5, 5.41) is 27.0. The zero-order valence-electron chi connectivity index (χ0n) is 69.1. The predicted molar refractivity (Wildman–Crippen MR) is 459 cm³/mol. The normalized spacial score (nSPS) is 16.0. The number of likely N-dealkylation sites (tertiary alicyclic amines) is 2. The highest BCUT2D eigenvalue weighted by atomic mass is 32.2. The Morgan fingerprint density at radius 3 is 1.39 bits per heavy atom. The van der Waals surface area contributed by atoms with Gasteiger partial charge < -0.3 is 111 Å². The largest absolute Gasteiger partial charge is 0.467 e. The molecule has 2 fully saturated rings. The number of nitrogens with one attached hydrogen (secondary N) is 12. The van der Waals surface area contributed by atoms with Crippen molar-refractivity contribution in [3.05, 3.63) is 144 Å². The fourth-order valence-electron chi connectivity index (χ4n) is 15.2. The summed E-state index contributed by atoms with van der Waals surface area (Å²) in [6.45, 7) is 4.25. The van der Waals surface area contributed by atoms with Gasteiger partial charge >= 0.3 is 12.1 Å². The van der Waals surface area contributed by atoms with Crippen molar-refractivity contribution in [3.8, 4) is 0 Å². The summed E-state index contributed by atoms with van der Waals surface area (Å²) < 4.78 is 10.4. The third-order valence-corrected chi connectivity index (χ3v) is 22.2. The van der Waals surface area contributed by atoms with Crippen molar-refractivity contribution >= 4 is 133 Å². The number of ether oxygens (including phenoxy) is 2. The minimum absolute atomic E-state index is 0.000830. The lowest BCUT2D eigenvalue weighted by atomic mass is 9.99. The van der Waals surface area contributed by atoms with Gasteiger partial charge in [-0.2, -0.15) is 11.8 Å². The first kappa shape index (κ1) is 93.3. The van der Waals surface area contributed by atoms with Crippen molar-refractivity contribution in [1.29, 1.82) is 0 Å². The van der Waals surface area contributed by atoms with Gasteiger partial charge in [-0.25, -0.2) is 9.59 Å². The summed E-state index contributed by atoms with van der Waals surface area (Å²) in [6.07, 6.45) is 5.98. The van der Waals surface area contributed by atoms with E-state index < -0.39 is 175 Å². The number of alkyl carbamates (subject to hydrolysis) is 1. The molecule has 22 N–H and O–H groups in total. The number of hydrogen-bond acceptors (Lipinski definition) is 19. The smallest absolute Gasteiger partial charge is 0.407 e. The van der Waals surface area contributed by atoms with Gasteiger partial charge in [-0.3, -0.25) is 62.5 Å². The van der Waals surface area contributed by atoms with Gasteiger partial charge in [0.05, 0.1) is 13.2 Å². The number of para-hydroxylation sites is 3. The molecule has 13 amide bonds. The maximum absolute atomic E-state index is 15.7. The van der Waals surface area contributed by atoms with E-state index >= 15 is 28.8 Å². The molecule has 2 saturated heterocycles. The van der Waals surface area contributed by atoms with Crippen molar-refractivity contribution in [1.82, 2.24) is 72.6 Å². The lowest BCUT2D eigenvalue weighted by molar-refractivity contribution is -0.145. The van der Waals surface area contributed by atoms with Gasteiger partial charge in [-0.1, -0.05) is 98.8 Å². The van der Waals surface area contributed by atoms with Crippen LogP contribution in [0.1, 0.15) is 132 Å². The quantitative estimate of drug-likeness (QED) is 0.0112. The number of primary amides is 2. The molecule has 5 heterocycles. The van der Waals surface area contributed by atoms with Crippen molar-refractivity contribution in [2.45, 2.75) is 202 Å². The van der Waals surface area contributed by atoms with Crippen LogP contribution in [0, 0.1) is 5.92 Å². The summed E-state index contributed by atoms with van der Waals surface area (Å²) in [7, 11) is 1.20. The molecule has 2 aliphatic heterocycles. The van der Waals surface area contributed by atoms with Gasteiger partial charge in [-0.15, -0.1) is 0 Å². The number of unbranched alkanes of at least 4 members (excludes halogenated alkanes) is 1. The third kappa shape index (κ3) is 27.2. The Balaban J connectivity index is 0.971. The predicted octanol–water partition coefficient (Wildman–Crippen LogP) is 2.00. The highest BCUT2D eigenvalue weighted by molar-refractivity contribution is 7.98. The number of guanidine groups is 1. The summed E-state index contributed by atoms with van der Waals surface area (Å²) in [5.74, 6) is -10.4. The SMILES string of the molecule is COC(=O)[C@@H](CCSC)NC(=O)[C@H](CC(C)C)NC(=O)[C@@H](Cc1c[nH]c2ccccc12)NC(=O)[C@H](Cc1c[nH]c2ccccc12)NC(=O)[C@@H](Cc1c[nH]c2ccccc12)NC(=O)[C@H](CCC(N)=O)NC(=O)[C@H](CCC(N)=O)NC(=O)[C@@H]1CCCN1C(=O)[C@H](CCCCNC(=O)OCc1ccccc1)NC(=O)[C@@H]1CCCN1C(=O)[C@@H](N)CCCN=C(N)N. The highest BCUT2D eigenvalue weighted by Crippen LogP contribution is 2.27. The van der Waals surface area contributed by atoms with Gasteiger partial charge in [0.2, 0.25) is 70.9 Å². The molecule has 0 bridgehead atoms. The maximum Gasteiger partial charge on any atom is 0.407 e. The number of aromatic amines is 3. The van der Waals surface area contributed by atoms with E-state index in [9.17, 15) is 38.4 Å². The van der Waals surface area contributed by atoms with E-state index in [0.717, 1.165) is 16.5 Å². The molecule has 0 saturated carbocycles. The van der Waals surface area contributed by atoms with Crippen molar-refractivity contribution in [2.75, 3.05) is 45.3 Å². The van der Waals surface area contributed by atoms with E-state index in [-0.39, 0.29) is 115 Å². The van der Waals surface area contributed by atoms with Gasteiger partial charge in [0.1, 0.15) is 67.0 Å². The molecule has 0 spiro atoms. The van der Waals surface area contributed by atoms with E-state index in [4.69, 9.17) is 38.1 Å². The Morgan fingerprint density at radius 2 is 0.918 bits per heavy atom. The van der Waals surface area contributed by atoms with Crippen LogP contribution in [0.25, 0.3) is 32.7 Å². The van der Waals surface area contributed by atoms with Gasteiger partial charge in [0, 0.05) is 110 Å². The highest BCUT2D eigenvalue weighted by Gasteiger charge is 2.43. The summed E-state index contributed by atoms with van der Waals surface area (Å²) in [5.41, 5.74) is 33.2. The third-order valence-electron chi connectivity index (χ3n) is 21.6. The number of aliphatic imine (C=N–C) groups is 1. The van der Waals surface area contributed by atoms with Crippen LogP contribution in [0.15, 0.2) is 127 Å². The standard InChI is InChI=1S/C85H114N20O16S/c1-49(2)41-65(75(110)99-64(35-40-122-4)83(118)120-3)100-76(111)67(43-52-46-94-59-26-12-9-22-55(52)59)102-78(113)68(44-53-47-95-60-27-13-10-23-56(53)60)103-77(112)66(42-51-45-93-58-25-11-8-21-54(51)58)101-74(109)61(31-33-71(87)106)96-73(108)62(32-34-72(88)107)97-79(114)70-30-18-39-105(70)82(117)63(28-14-15-36-92-85(119)121-48-50-19-6-5-7-20-50)98-80(115)69-29-17-38-104(69)81(116)57(86)24-16-37-91-84(89)90/h5-13,19-23,25-27,45-47,49,57,61-70,93-95H,14-18,24,28-44,48,86H2,1-4H3,(H2,87,106)(H2,88,107)(H,92,119)(H,96,108)(H,97,114)(H,98,115)(H,99,110)(H,100,111)(H,101,109)(H,102,113)(H,103,112)(H4,89,90,91)/t57-,61-,62-,63-,64+,65-,66+,67+,68-,69-,70-/m0/s1. The minimum atomic E-state index is -1.74. The number of H-pyrrole nitrogens is 3. The number of methoxy groups -OCH3 is 1. The van der Waals surface area contributed by atoms with Gasteiger partial charge in [0.15, 0.2) is 5.96 Å². The Bertz CT molecular complexity index is 4840. The summed E-state index contributed by atoms with van der Waals surface area (Å²) in [4.78, 5) is 217. The fraction of sp³-hybridized carbons (Fsp3) is 0.471. The number of nitrogens with zero attached hydrogens (tertiary/aromatic N) is 3. The number of carbonyl (C=O) groups excluding carboxylic acids is 14. The van der Waals surface area contributed by atoms with Gasteiger partial charge in [0.25, 0.3) is 0 Å². The Morgan fingerprint density at radius 1 is 0.492 bits per heavy atom. The van der Waals surface area contributed by atoms with E-state index in [2.05, 4.69) is 67.8 Å². The van der Waals surface area contributed by atoms with E-state index in [1.807, 2.05) is 68.6 Å². The first-order chi connectivity index (χ1) is 58.6. The molecule has 2 aliphatic rings.